The Bertz CT molecular complexity index is 598. The Kier molecular flexibility index (Phi) is 5.66. The third-order valence-electron chi connectivity index (χ3n) is 3.10. The van der Waals surface area contributed by atoms with Gasteiger partial charge >= 0.3 is 0 Å². The van der Waals surface area contributed by atoms with Gasteiger partial charge in [-0.15, -0.1) is 11.3 Å². The molecule has 0 bridgehead atoms. The second-order valence-electron chi connectivity index (χ2n) is 4.56. The second-order valence-corrected chi connectivity index (χ2v) is 7.39. The normalized spacial score (nSPS) is 12.4. The van der Waals surface area contributed by atoms with E-state index in [1.807, 2.05) is 12.1 Å². The molecule has 0 aliphatic carbocycles. The van der Waals surface area contributed by atoms with E-state index in [4.69, 9.17) is 10.5 Å². The smallest absolute Gasteiger partial charge is 0.133 e. The zero-order valence-corrected chi connectivity index (χ0v) is 15.4. The first kappa shape index (κ1) is 16.0. The number of halogens is 2. The minimum absolute atomic E-state index is 0.134. The van der Waals surface area contributed by atoms with Gasteiger partial charge in [0, 0.05) is 25.8 Å². The number of ether oxygens (including phenoxy) is 1. The van der Waals surface area contributed by atoms with E-state index in [1.165, 1.54) is 9.75 Å². The fraction of sp³-hybridized carbons (Fsp3) is 0.333. The van der Waals surface area contributed by atoms with Crippen molar-refractivity contribution in [2.45, 2.75) is 25.8 Å². The molecule has 5 heteroatoms. The van der Waals surface area contributed by atoms with E-state index in [0.717, 1.165) is 33.1 Å². The van der Waals surface area contributed by atoms with Gasteiger partial charge in [-0.2, -0.15) is 0 Å². The van der Waals surface area contributed by atoms with Gasteiger partial charge in [0.05, 0.1) is 11.6 Å². The molecular weight excluding hydrogens is 402 g/mol. The molecule has 0 saturated carbocycles. The molecule has 108 valence electrons. The van der Waals surface area contributed by atoms with Gasteiger partial charge in [0.25, 0.3) is 0 Å². The van der Waals surface area contributed by atoms with Crippen LogP contribution in [0.1, 0.15) is 30.7 Å². The molecular formula is C15H17Br2NOS. The van der Waals surface area contributed by atoms with Gasteiger partial charge < -0.3 is 10.5 Å². The van der Waals surface area contributed by atoms with Crippen LogP contribution < -0.4 is 10.5 Å². The van der Waals surface area contributed by atoms with Gasteiger partial charge in [0.15, 0.2) is 0 Å². The van der Waals surface area contributed by atoms with Crippen molar-refractivity contribution in [1.82, 2.24) is 0 Å². The van der Waals surface area contributed by atoms with Crippen molar-refractivity contribution in [3.8, 4) is 16.2 Å². The van der Waals surface area contributed by atoms with E-state index in [-0.39, 0.29) is 6.04 Å². The summed E-state index contributed by atoms with van der Waals surface area (Å²) in [5.41, 5.74) is 7.31. The maximum atomic E-state index is 6.18. The molecule has 2 nitrogen and oxygen atoms in total. The minimum Gasteiger partial charge on any atom is -0.496 e. The summed E-state index contributed by atoms with van der Waals surface area (Å²) in [5, 5.41) is 0. The Morgan fingerprint density at radius 2 is 2.00 bits per heavy atom. The summed E-state index contributed by atoms with van der Waals surface area (Å²) in [7, 11) is 1.68. The van der Waals surface area contributed by atoms with Crippen LogP contribution in [-0.4, -0.2) is 7.11 Å². The quantitative estimate of drug-likeness (QED) is 0.670. The zero-order chi connectivity index (χ0) is 14.7. The van der Waals surface area contributed by atoms with E-state index in [2.05, 4.69) is 50.9 Å². The molecule has 0 aliphatic rings. The number of hydrogen-bond donors (Lipinski definition) is 1. The highest BCUT2D eigenvalue weighted by atomic mass is 79.9. The van der Waals surface area contributed by atoms with E-state index >= 15 is 0 Å². The van der Waals surface area contributed by atoms with Crippen molar-refractivity contribution < 1.29 is 4.74 Å². The van der Waals surface area contributed by atoms with Crippen LogP contribution in [0.4, 0.5) is 0 Å². The Morgan fingerprint density at radius 1 is 1.25 bits per heavy atom. The number of hydrogen-bond acceptors (Lipinski definition) is 3. The summed E-state index contributed by atoms with van der Waals surface area (Å²) in [4.78, 5) is 2.43. The maximum Gasteiger partial charge on any atom is 0.133 e. The van der Waals surface area contributed by atoms with Crippen molar-refractivity contribution in [3.05, 3.63) is 38.1 Å². The van der Waals surface area contributed by atoms with Crippen molar-refractivity contribution in [2.75, 3.05) is 7.11 Å². The third kappa shape index (κ3) is 3.45. The molecule has 0 radical (unpaired) electrons. The zero-order valence-electron chi connectivity index (χ0n) is 11.5. The predicted molar refractivity (Wildman–Crippen MR) is 93.5 cm³/mol. The highest BCUT2D eigenvalue weighted by Crippen LogP contribution is 2.40. The fourth-order valence-electron chi connectivity index (χ4n) is 2.02. The second kappa shape index (κ2) is 7.07. The first-order chi connectivity index (χ1) is 9.56. The average molecular weight is 419 g/mol. The lowest BCUT2D eigenvalue weighted by molar-refractivity contribution is 0.412. The van der Waals surface area contributed by atoms with Crippen molar-refractivity contribution in [1.29, 1.82) is 0 Å². The van der Waals surface area contributed by atoms with Crippen LogP contribution in [-0.2, 0) is 0 Å². The number of benzene rings is 1. The van der Waals surface area contributed by atoms with Crippen LogP contribution in [0.25, 0.3) is 10.4 Å². The SMILES string of the molecule is CCCC(N)c1ccc(-c2cc(OC)c(Br)cc2Br)s1. The number of rotatable bonds is 5. The maximum absolute atomic E-state index is 6.18. The molecule has 0 amide bonds. The molecule has 0 spiro atoms. The number of methoxy groups -OCH3 is 1. The Morgan fingerprint density at radius 3 is 2.65 bits per heavy atom. The van der Waals surface area contributed by atoms with Gasteiger partial charge in [-0.1, -0.05) is 29.3 Å². The van der Waals surface area contributed by atoms with Crippen LogP contribution in [0, 0.1) is 0 Å². The fourth-order valence-corrected chi connectivity index (χ4v) is 4.60. The van der Waals surface area contributed by atoms with E-state index in [0.29, 0.717) is 0 Å². The first-order valence-electron chi connectivity index (χ1n) is 6.45. The summed E-state index contributed by atoms with van der Waals surface area (Å²) in [6.07, 6.45) is 2.12. The molecule has 1 atom stereocenters. The predicted octanol–water partition coefficient (Wildman–Crippen LogP) is 5.75. The average Bonchev–Trinajstić information content (AvgIpc) is 2.89. The van der Waals surface area contributed by atoms with E-state index in [9.17, 15) is 0 Å². The lowest BCUT2D eigenvalue weighted by Crippen LogP contribution is -2.07. The largest absolute Gasteiger partial charge is 0.496 e. The van der Waals surface area contributed by atoms with Crippen LogP contribution in [0.2, 0.25) is 0 Å². The van der Waals surface area contributed by atoms with Gasteiger partial charge in [0.2, 0.25) is 0 Å². The standard InChI is InChI=1S/C15H17Br2NOS/c1-3-4-12(18)15-6-5-14(20-15)9-7-13(19-2)11(17)8-10(9)16/h5-8,12H,3-4,18H2,1-2H3. The molecule has 2 aromatic rings. The highest BCUT2D eigenvalue weighted by molar-refractivity contribution is 9.11. The van der Waals surface area contributed by atoms with Crippen LogP contribution in [0.3, 0.4) is 0 Å². The third-order valence-corrected chi connectivity index (χ3v) is 5.63. The number of thiophene rings is 1. The molecule has 0 saturated heterocycles. The summed E-state index contributed by atoms with van der Waals surface area (Å²) < 4.78 is 7.35. The molecule has 1 aromatic heterocycles. The summed E-state index contributed by atoms with van der Waals surface area (Å²) in [6.45, 7) is 2.16. The van der Waals surface area contributed by atoms with Crippen LogP contribution in [0.5, 0.6) is 5.75 Å². The van der Waals surface area contributed by atoms with Crippen molar-refractivity contribution in [2.24, 2.45) is 5.73 Å². The lowest BCUT2D eigenvalue weighted by Gasteiger charge is -2.09. The Labute approximate surface area is 140 Å². The molecule has 0 fully saturated rings. The van der Waals surface area contributed by atoms with Crippen molar-refractivity contribution >= 4 is 43.2 Å². The minimum atomic E-state index is 0.134. The van der Waals surface area contributed by atoms with Gasteiger partial charge in [-0.25, -0.2) is 0 Å². The summed E-state index contributed by atoms with van der Waals surface area (Å²) in [5.74, 6) is 0.830. The van der Waals surface area contributed by atoms with Gasteiger partial charge in [-0.05, 0) is 46.6 Å². The van der Waals surface area contributed by atoms with Crippen LogP contribution >= 0.6 is 43.2 Å². The Balaban J connectivity index is 2.37. The van der Waals surface area contributed by atoms with E-state index in [1.54, 1.807) is 18.4 Å². The molecule has 2 N–H and O–H groups in total. The van der Waals surface area contributed by atoms with Gasteiger partial charge in [0.1, 0.15) is 5.75 Å². The molecule has 1 heterocycles. The lowest BCUT2D eigenvalue weighted by atomic mass is 10.1. The first-order valence-corrected chi connectivity index (χ1v) is 8.85. The molecule has 20 heavy (non-hydrogen) atoms. The monoisotopic (exact) mass is 417 g/mol. The molecule has 2 rings (SSSR count). The summed E-state index contributed by atoms with van der Waals surface area (Å²) in [6, 6.07) is 8.44. The van der Waals surface area contributed by atoms with Crippen molar-refractivity contribution in [3.63, 3.8) is 0 Å². The van der Waals surface area contributed by atoms with Crippen LogP contribution in [0.15, 0.2) is 33.2 Å². The molecule has 0 aliphatic heterocycles. The molecule has 1 aromatic carbocycles. The number of nitrogens with two attached hydrogens (primary N) is 1. The van der Waals surface area contributed by atoms with E-state index < -0.39 is 0 Å². The highest BCUT2D eigenvalue weighted by Gasteiger charge is 2.13. The Hall–Kier alpha value is -0.360. The van der Waals surface area contributed by atoms with Gasteiger partial charge in [-0.3, -0.25) is 0 Å². The topological polar surface area (TPSA) is 35.2 Å². The molecule has 1 unspecified atom stereocenters. The summed E-state index contributed by atoms with van der Waals surface area (Å²) >= 11 is 8.85.